The Hall–Kier alpha value is -0.660. The Balaban J connectivity index is 3.25. The molecule has 0 rings (SSSR count). The van der Waals surface area contributed by atoms with Crippen LogP contribution in [0.4, 0.5) is 8.78 Å². The summed E-state index contributed by atoms with van der Waals surface area (Å²) < 4.78 is 27.7. The topological polar surface area (TPSA) is 29.5 Å². The normalized spacial score (nSPS) is 12.4. The lowest BCUT2D eigenvalue weighted by Crippen LogP contribution is -2.12. The van der Waals surface area contributed by atoms with E-state index < -0.39 is 19.1 Å². The summed E-state index contributed by atoms with van der Waals surface area (Å²) in [5.41, 5.74) is 0. The number of hydrogen-bond donors (Lipinski definition) is 1. The SMILES string of the molecule is CC#CCC(O)CCOCC(F)F. The number of aliphatic hydroxyl groups excluding tert-OH is 1. The molecule has 0 fully saturated rings. The molecule has 1 N–H and O–H groups in total. The predicted molar refractivity (Wildman–Crippen MR) is 45.5 cm³/mol. The van der Waals surface area contributed by atoms with E-state index in [1.165, 1.54) is 0 Å². The van der Waals surface area contributed by atoms with Gasteiger partial charge in [0.15, 0.2) is 0 Å². The zero-order chi connectivity index (χ0) is 10.1. The number of alkyl halides is 2. The maximum absolute atomic E-state index is 11.6. The maximum Gasteiger partial charge on any atom is 0.261 e. The third-order valence-electron chi connectivity index (χ3n) is 1.35. The van der Waals surface area contributed by atoms with Crippen molar-refractivity contribution < 1.29 is 18.6 Å². The Bertz CT molecular complexity index is 172. The van der Waals surface area contributed by atoms with Gasteiger partial charge in [-0.05, 0) is 13.3 Å². The zero-order valence-electron chi connectivity index (χ0n) is 7.59. The smallest absolute Gasteiger partial charge is 0.261 e. The number of hydrogen-bond acceptors (Lipinski definition) is 2. The first-order chi connectivity index (χ1) is 6.16. The Morgan fingerprint density at radius 1 is 1.46 bits per heavy atom. The molecule has 0 aliphatic rings. The van der Waals surface area contributed by atoms with Gasteiger partial charge >= 0.3 is 0 Å². The van der Waals surface area contributed by atoms with Gasteiger partial charge in [0.1, 0.15) is 6.61 Å². The van der Waals surface area contributed by atoms with E-state index in [9.17, 15) is 13.9 Å². The molecule has 1 unspecified atom stereocenters. The highest BCUT2D eigenvalue weighted by molar-refractivity contribution is 4.96. The lowest BCUT2D eigenvalue weighted by Gasteiger charge is -2.07. The summed E-state index contributed by atoms with van der Waals surface area (Å²) >= 11 is 0. The third kappa shape index (κ3) is 9.25. The van der Waals surface area contributed by atoms with Gasteiger partial charge in [-0.2, -0.15) is 0 Å². The van der Waals surface area contributed by atoms with E-state index >= 15 is 0 Å². The van der Waals surface area contributed by atoms with E-state index in [0.29, 0.717) is 12.8 Å². The Labute approximate surface area is 76.9 Å². The summed E-state index contributed by atoms with van der Waals surface area (Å²) in [5, 5.41) is 9.18. The first-order valence-corrected chi connectivity index (χ1v) is 4.10. The minimum atomic E-state index is -2.44. The molecular weight excluding hydrogens is 178 g/mol. The summed E-state index contributed by atoms with van der Waals surface area (Å²) in [6.07, 6.45) is -2.30. The molecule has 1 atom stereocenters. The fourth-order valence-corrected chi connectivity index (χ4v) is 0.714. The highest BCUT2D eigenvalue weighted by Gasteiger charge is 2.04. The molecule has 0 heterocycles. The van der Waals surface area contributed by atoms with Crippen LogP contribution in [0.3, 0.4) is 0 Å². The van der Waals surface area contributed by atoms with Crippen LogP contribution >= 0.6 is 0 Å². The summed E-state index contributed by atoms with van der Waals surface area (Å²) in [5.74, 6) is 5.33. The summed E-state index contributed by atoms with van der Waals surface area (Å²) in [7, 11) is 0. The van der Waals surface area contributed by atoms with Crippen LogP contribution in [0.2, 0.25) is 0 Å². The first-order valence-electron chi connectivity index (χ1n) is 4.10. The second kappa shape index (κ2) is 7.96. The van der Waals surface area contributed by atoms with E-state index in [1.807, 2.05) is 0 Å². The van der Waals surface area contributed by atoms with Crippen molar-refractivity contribution in [1.29, 1.82) is 0 Å². The molecule has 0 bridgehead atoms. The molecule has 0 aromatic heterocycles. The Morgan fingerprint density at radius 3 is 2.69 bits per heavy atom. The molecule has 13 heavy (non-hydrogen) atoms. The summed E-state index contributed by atoms with van der Waals surface area (Å²) in [4.78, 5) is 0. The number of rotatable bonds is 6. The second-order valence-corrected chi connectivity index (χ2v) is 2.54. The van der Waals surface area contributed by atoms with Gasteiger partial charge in [-0.25, -0.2) is 8.78 Å². The van der Waals surface area contributed by atoms with Gasteiger partial charge in [-0.3, -0.25) is 0 Å². The van der Waals surface area contributed by atoms with Crippen LogP contribution in [0, 0.1) is 11.8 Å². The number of halogens is 2. The minimum Gasteiger partial charge on any atom is -0.392 e. The second-order valence-electron chi connectivity index (χ2n) is 2.54. The molecule has 0 aromatic rings. The highest BCUT2D eigenvalue weighted by atomic mass is 19.3. The Kier molecular flexibility index (Phi) is 7.56. The summed E-state index contributed by atoms with van der Waals surface area (Å²) in [6, 6.07) is 0. The van der Waals surface area contributed by atoms with Gasteiger partial charge < -0.3 is 9.84 Å². The van der Waals surface area contributed by atoms with Gasteiger partial charge in [0.05, 0.1) is 6.10 Å². The average Bonchev–Trinajstić information content (AvgIpc) is 2.08. The monoisotopic (exact) mass is 192 g/mol. The van der Waals surface area contributed by atoms with Crippen LogP contribution in [0.5, 0.6) is 0 Å². The molecule has 0 saturated heterocycles. The van der Waals surface area contributed by atoms with E-state index in [4.69, 9.17) is 0 Å². The predicted octanol–water partition coefficient (Wildman–Crippen LogP) is 1.43. The van der Waals surface area contributed by atoms with E-state index in [2.05, 4.69) is 16.6 Å². The van der Waals surface area contributed by atoms with Gasteiger partial charge in [0.25, 0.3) is 6.43 Å². The lowest BCUT2D eigenvalue weighted by molar-refractivity contribution is 0.00556. The van der Waals surface area contributed by atoms with Crippen molar-refractivity contribution in [2.75, 3.05) is 13.2 Å². The molecule has 0 aliphatic heterocycles. The van der Waals surface area contributed by atoms with Crippen LogP contribution in [0.15, 0.2) is 0 Å². The average molecular weight is 192 g/mol. The minimum absolute atomic E-state index is 0.150. The summed E-state index contributed by atoms with van der Waals surface area (Å²) in [6.45, 7) is 1.27. The van der Waals surface area contributed by atoms with Crippen LogP contribution < -0.4 is 0 Å². The van der Waals surface area contributed by atoms with Crippen molar-refractivity contribution in [2.24, 2.45) is 0 Å². The van der Waals surface area contributed by atoms with Crippen molar-refractivity contribution in [3.05, 3.63) is 0 Å². The molecule has 2 nitrogen and oxygen atoms in total. The highest BCUT2D eigenvalue weighted by Crippen LogP contribution is 1.99. The molecule has 0 saturated carbocycles. The van der Waals surface area contributed by atoms with Crippen molar-refractivity contribution >= 4 is 0 Å². The van der Waals surface area contributed by atoms with Crippen LogP contribution in [-0.4, -0.2) is 30.8 Å². The van der Waals surface area contributed by atoms with Gasteiger partial charge in [0, 0.05) is 13.0 Å². The van der Waals surface area contributed by atoms with Crippen molar-refractivity contribution in [2.45, 2.75) is 32.3 Å². The Morgan fingerprint density at radius 2 is 2.15 bits per heavy atom. The largest absolute Gasteiger partial charge is 0.392 e. The molecule has 0 aliphatic carbocycles. The molecule has 0 amide bonds. The maximum atomic E-state index is 11.6. The van der Waals surface area contributed by atoms with E-state index in [-0.39, 0.29) is 6.61 Å². The third-order valence-corrected chi connectivity index (χ3v) is 1.35. The van der Waals surface area contributed by atoms with Gasteiger partial charge in [-0.1, -0.05) is 0 Å². The fraction of sp³-hybridized carbons (Fsp3) is 0.778. The molecular formula is C9H14F2O2. The lowest BCUT2D eigenvalue weighted by atomic mass is 10.2. The molecule has 76 valence electrons. The standard InChI is InChI=1S/C9H14F2O2/c1-2-3-4-8(12)5-6-13-7-9(10)11/h8-9,12H,4-7H2,1H3. The first kappa shape index (κ1) is 12.3. The molecule has 0 aromatic carbocycles. The number of aliphatic hydroxyl groups is 1. The van der Waals surface area contributed by atoms with Crippen molar-refractivity contribution in [3.63, 3.8) is 0 Å². The van der Waals surface area contributed by atoms with Crippen LogP contribution in [0.1, 0.15) is 19.8 Å². The molecule has 4 heteroatoms. The van der Waals surface area contributed by atoms with E-state index in [0.717, 1.165) is 0 Å². The van der Waals surface area contributed by atoms with Crippen molar-refractivity contribution in [3.8, 4) is 11.8 Å². The van der Waals surface area contributed by atoms with Crippen LogP contribution in [-0.2, 0) is 4.74 Å². The molecule has 0 radical (unpaired) electrons. The quantitative estimate of drug-likeness (QED) is 0.509. The van der Waals surface area contributed by atoms with Crippen LogP contribution in [0.25, 0.3) is 0 Å². The van der Waals surface area contributed by atoms with Gasteiger partial charge in [0.2, 0.25) is 0 Å². The van der Waals surface area contributed by atoms with Crippen molar-refractivity contribution in [1.82, 2.24) is 0 Å². The molecule has 0 spiro atoms. The van der Waals surface area contributed by atoms with Gasteiger partial charge in [-0.15, -0.1) is 11.8 Å². The van der Waals surface area contributed by atoms with E-state index in [1.54, 1.807) is 6.92 Å². The zero-order valence-corrected chi connectivity index (χ0v) is 7.59. The fourth-order valence-electron chi connectivity index (χ4n) is 0.714. The number of ether oxygens (including phenoxy) is 1.